The number of unbranched alkanes of at least 4 members (excludes halogenated alkanes) is 2. The molecule has 0 spiro atoms. The first kappa shape index (κ1) is 61.8. The van der Waals surface area contributed by atoms with Crippen molar-refractivity contribution in [1.29, 1.82) is 0 Å². The minimum Gasteiger partial charge on any atom is -0.445 e. The number of fused-ring (bicyclic) bond motifs is 2. The number of amides is 11. The summed E-state index contributed by atoms with van der Waals surface area (Å²) in [5, 5.41) is 19.1. The van der Waals surface area contributed by atoms with E-state index in [9.17, 15) is 47.9 Å². The number of nitrogens with two attached hydrogens (primary N) is 3. The highest BCUT2D eigenvalue weighted by atomic mass is 16.5. The number of primary amides is 2. The van der Waals surface area contributed by atoms with Crippen molar-refractivity contribution in [1.82, 2.24) is 41.4 Å². The van der Waals surface area contributed by atoms with Crippen LogP contribution in [-0.4, -0.2) is 125 Å². The van der Waals surface area contributed by atoms with Gasteiger partial charge in [-0.25, -0.2) is 14.6 Å². The van der Waals surface area contributed by atoms with E-state index in [1.807, 2.05) is 18.2 Å². The average molecular weight is 1150 g/mol. The molecular formula is C59H70N14O11. The van der Waals surface area contributed by atoms with Crippen LogP contribution in [-0.2, 0) is 59.6 Å². The molecule has 25 heteroatoms. The van der Waals surface area contributed by atoms with E-state index in [-0.39, 0.29) is 99.8 Å². The number of anilines is 2. The van der Waals surface area contributed by atoms with Gasteiger partial charge in [-0.3, -0.25) is 53.1 Å². The van der Waals surface area contributed by atoms with Crippen LogP contribution in [0.1, 0.15) is 107 Å². The lowest BCUT2D eigenvalue weighted by atomic mass is 10.0. The highest BCUT2D eigenvalue weighted by Gasteiger charge is 2.30. The minimum atomic E-state index is -1.07. The minimum absolute atomic E-state index is 0.0921. The molecule has 0 bridgehead atoms. The number of pyridine rings is 1. The van der Waals surface area contributed by atoms with Gasteiger partial charge in [0.2, 0.25) is 23.6 Å². The number of rotatable bonds is 27. The van der Waals surface area contributed by atoms with Crippen LogP contribution in [0.5, 0.6) is 0 Å². The van der Waals surface area contributed by atoms with E-state index in [1.165, 1.54) is 12.2 Å². The molecule has 0 aliphatic carbocycles. The molecule has 25 nitrogen and oxygen atoms in total. The number of amidine groups is 1. The van der Waals surface area contributed by atoms with Gasteiger partial charge in [-0.2, -0.15) is 0 Å². The maximum Gasteiger partial charge on any atom is 0.407 e. The normalized spacial score (nSPS) is 14.3. The van der Waals surface area contributed by atoms with Gasteiger partial charge >= 0.3 is 12.1 Å². The van der Waals surface area contributed by atoms with Crippen molar-refractivity contribution in [3.05, 3.63) is 136 Å². The topological polar surface area (TPSA) is 374 Å². The van der Waals surface area contributed by atoms with Crippen molar-refractivity contribution in [2.75, 3.05) is 43.4 Å². The van der Waals surface area contributed by atoms with Gasteiger partial charge in [0, 0.05) is 111 Å². The van der Waals surface area contributed by atoms with Gasteiger partial charge in [0.15, 0.2) is 0 Å². The predicted octanol–water partition coefficient (Wildman–Crippen LogP) is 3.31. The van der Waals surface area contributed by atoms with Crippen LogP contribution in [0.15, 0.2) is 102 Å². The molecule has 7 rings (SSSR count). The van der Waals surface area contributed by atoms with Crippen LogP contribution >= 0.6 is 0 Å². The monoisotopic (exact) mass is 1150 g/mol. The number of alkyl carbamates (subject to hydrolysis) is 1. The Morgan fingerprint density at radius 1 is 0.726 bits per heavy atom. The third-order valence-corrected chi connectivity index (χ3v) is 13.9. The summed E-state index contributed by atoms with van der Waals surface area (Å²) in [4.78, 5) is 138. The smallest absolute Gasteiger partial charge is 0.407 e. The Labute approximate surface area is 485 Å². The number of nitrogens with one attached hydrogen (secondary N) is 7. The lowest BCUT2D eigenvalue weighted by Gasteiger charge is -2.28. The summed E-state index contributed by atoms with van der Waals surface area (Å²) >= 11 is 0. The third kappa shape index (κ3) is 18.4. The first-order valence-electron chi connectivity index (χ1n) is 27.6. The number of aliphatic imine (C=N–C) groups is 1. The van der Waals surface area contributed by atoms with E-state index in [0.29, 0.717) is 83.7 Å². The van der Waals surface area contributed by atoms with Crippen molar-refractivity contribution in [3.63, 3.8) is 0 Å². The van der Waals surface area contributed by atoms with E-state index in [1.54, 1.807) is 80.7 Å². The maximum atomic E-state index is 13.6. The number of benzene rings is 3. The maximum absolute atomic E-state index is 13.6. The van der Waals surface area contributed by atoms with E-state index in [0.717, 1.165) is 28.3 Å². The van der Waals surface area contributed by atoms with Crippen LogP contribution < -0.4 is 54.4 Å². The lowest BCUT2D eigenvalue weighted by Crippen LogP contribution is -2.54. The standard InChI is InChI=1S/C59H70N14O11/c1-35(2)52(71-49(74)8-4-3-5-25-73-50(75)19-20-51(73)76)57(81)70-46(7-6-22-64-58(62)82)56(80)67-43-17-11-37(12-18-43)34-84-59(83)65-24-23-63-54(78)38-13-9-36(10-14-38)32-72-26-21-45-42(33-72)28-44(31-66-45)68-55(79)40-16-15-39-27-41(53(61)77)30-48(60)69-47(39)29-40/h9-20,27-29,31,35,46,52H,3-8,21-26,30,32-34H2,1-2H3,(H2,60,69)(H2,61,77)(H,63,78)(H,65,83)(H,67,80)(H,68,79)(H,70,81)(H,71,74)(H3,62,64,82)/t46-,52-/m0/s1. The van der Waals surface area contributed by atoms with E-state index in [2.05, 4.69) is 52.1 Å². The molecule has 0 radical (unpaired) electrons. The molecular weight excluding hydrogens is 1080 g/mol. The Hall–Kier alpha value is -9.78. The van der Waals surface area contributed by atoms with Crippen LogP contribution in [0.3, 0.4) is 0 Å². The van der Waals surface area contributed by atoms with Crippen molar-refractivity contribution in [2.45, 2.75) is 97.0 Å². The fourth-order valence-electron chi connectivity index (χ4n) is 9.37. The summed E-state index contributed by atoms with van der Waals surface area (Å²) < 4.78 is 5.35. The third-order valence-electron chi connectivity index (χ3n) is 13.9. The number of nitrogens with zero attached hydrogens (tertiary/aromatic N) is 4. The van der Waals surface area contributed by atoms with Gasteiger partial charge in [0.1, 0.15) is 24.5 Å². The van der Waals surface area contributed by atoms with Crippen LogP contribution in [0.4, 0.5) is 26.7 Å². The molecule has 4 aromatic rings. The zero-order valence-corrected chi connectivity index (χ0v) is 46.8. The first-order valence-corrected chi connectivity index (χ1v) is 27.6. The number of carbonyl (C=O) groups excluding carboxylic acids is 10. The molecule has 2 atom stereocenters. The van der Waals surface area contributed by atoms with Crippen molar-refractivity contribution in [3.8, 4) is 0 Å². The molecule has 0 unspecified atom stereocenters. The van der Waals surface area contributed by atoms with Crippen molar-refractivity contribution >= 4 is 88.4 Å². The summed E-state index contributed by atoms with van der Waals surface area (Å²) in [6.07, 6.45) is 7.87. The predicted molar refractivity (Wildman–Crippen MR) is 311 cm³/mol. The molecule has 13 N–H and O–H groups in total. The summed E-state index contributed by atoms with van der Waals surface area (Å²) in [7, 11) is 0. The van der Waals surface area contributed by atoms with Crippen molar-refractivity contribution < 1.29 is 52.7 Å². The fourth-order valence-corrected chi connectivity index (χ4v) is 9.37. The Bertz CT molecular complexity index is 3220. The summed E-state index contributed by atoms with van der Waals surface area (Å²) in [5.74, 6) is -3.64. The molecule has 11 amide bonds. The molecule has 1 aromatic heterocycles. The quantitative estimate of drug-likeness (QED) is 0.0303. The Kier molecular flexibility index (Phi) is 21.9. The second-order valence-electron chi connectivity index (χ2n) is 20.7. The first-order chi connectivity index (χ1) is 40.3. The molecule has 3 aliphatic heterocycles. The number of hydrogen-bond acceptors (Lipinski definition) is 15. The number of hydrogen-bond donors (Lipinski definition) is 10. The molecule has 0 fully saturated rings. The highest BCUT2D eigenvalue weighted by Crippen LogP contribution is 2.29. The Balaban J connectivity index is 0.798. The summed E-state index contributed by atoms with van der Waals surface area (Å²) in [6, 6.07) is 17.8. The average Bonchev–Trinajstić information content (AvgIpc) is 3.79. The Morgan fingerprint density at radius 3 is 2.15 bits per heavy atom. The summed E-state index contributed by atoms with van der Waals surface area (Å²) in [6.45, 7) is 5.99. The second-order valence-corrected chi connectivity index (χ2v) is 20.7. The van der Waals surface area contributed by atoms with Gasteiger partial charge < -0.3 is 59.2 Å². The molecule has 3 aromatic carbocycles. The zero-order valence-electron chi connectivity index (χ0n) is 46.8. The summed E-state index contributed by atoms with van der Waals surface area (Å²) in [5.41, 5.74) is 23.3. The van der Waals surface area contributed by atoms with Crippen LogP contribution in [0.25, 0.3) is 6.08 Å². The molecule has 4 heterocycles. The number of aromatic nitrogens is 1. The second kappa shape index (κ2) is 29.8. The van der Waals surface area contributed by atoms with Gasteiger partial charge in [0.05, 0.1) is 17.6 Å². The molecule has 84 heavy (non-hydrogen) atoms. The lowest BCUT2D eigenvalue weighted by molar-refractivity contribution is -0.137. The number of imide groups is 1. The molecule has 0 saturated carbocycles. The van der Waals surface area contributed by atoms with Gasteiger partial charge in [-0.05, 0) is 96.8 Å². The molecule has 0 saturated heterocycles. The van der Waals surface area contributed by atoms with Gasteiger partial charge in [-0.1, -0.05) is 50.6 Å². The SMILES string of the molecule is CC(C)[C@H](NC(=O)CCCCCN1C(=O)C=CC1=O)C(=O)N[C@@H](CCCNC(N)=O)C(=O)Nc1ccc(COC(=O)NCCNC(=O)c2ccc(CN3CCc4ncc(NC(=O)c5ccc6c(c5)N=C(N)CC(C(N)=O)=C6)cc4C3)cc2)cc1. The van der Waals surface area contributed by atoms with Gasteiger partial charge in [0.25, 0.3) is 23.6 Å². The van der Waals surface area contributed by atoms with E-state index >= 15 is 0 Å². The number of ether oxygens (including phenoxy) is 1. The Morgan fingerprint density at radius 2 is 1.44 bits per heavy atom. The van der Waals surface area contributed by atoms with E-state index < -0.39 is 41.9 Å². The van der Waals surface area contributed by atoms with Gasteiger partial charge in [-0.15, -0.1) is 0 Å². The molecule has 3 aliphatic rings. The molecule has 442 valence electrons. The highest BCUT2D eigenvalue weighted by molar-refractivity contribution is 6.13. The number of carbonyl (C=O) groups is 10. The van der Waals surface area contributed by atoms with E-state index in [4.69, 9.17) is 21.9 Å². The largest absolute Gasteiger partial charge is 0.445 e. The number of urea groups is 1. The zero-order chi connectivity index (χ0) is 60.3. The van der Waals surface area contributed by atoms with Crippen molar-refractivity contribution in [2.24, 2.45) is 28.1 Å². The van der Waals surface area contributed by atoms with Crippen LogP contribution in [0, 0.1) is 5.92 Å². The fraction of sp³-hybridized carbons (Fsp3) is 0.356. The van der Waals surface area contributed by atoms with Crippen LogP contribution in [0.2, 0.25) is 0 Å².